The van der Waals surface area contributed by atoms with Gasteiger partial charge >= 0.3 is 0 Å². The zero-order valence-corrected chi connectivity index (χ0v) is 22.0. The molecule has 3 aliphatic rings. The summed E-state index contributed by atoms with van der Waals surface area (Å²) in [7, 11) is 1.62. The normalized spacial score (nSPS) is 26.2. The van der Waals surface area contributed by atoms with Crippen molar-refractivity contribution in [2.24, 2.45) is 0 Å². The SMILES string of the molecule is COc1cc2c(Nc3ccc(Br)c(Cl)c3)ncnc2cc1O[C@@H]1CO[C@@H]2[C@H]1OC[C@H]2N1CCOCC1. The fraction of sp³-hybridized carbons (Fsp3) is 0.440. The third kappa shape index (κ3) is 4.62. The highest BCUT2D eigenvalue weighted by Gasteiger charge is 2.51. The van der Waals surface area contributed by atoms with Gasteiger partial charge in [0.2, 0.25) is 0 Å². The molecule has 4 atom stereocenters. The quantitative estimate of drug-likeness (QED) is 0.466. The van der Waals surface area contributed by atoms with Crippen LogP contribution in [0.3, 0.4) is 0 Å². The molecule has 6 rings (SSSR count). The van der Waals surface area contributed by atoms with E-state index in [-0.39, 0.29) is 24.4 Å². The first-order valence-electron chi connectivity index (χ1n) is 11.9. The van der Waals surface area contributed by atoms with Crippen molar-refractivity contribution in [3.63, 3.8) is 0 Å². The molecule has 9 nitrogen and oxygen atoms in total. The summed E-state index contributed by atoms with van der Waals surface area (Å²) >= 11 is 9.67. The van der Waals surface area contributed by atoms with Crippen molar-refractivity contribution in [3.8, 4) is 11.5 Å². The summed E-state index contributed by atoms with van der Waals surface area (Å²) in [6.45, 7) is 4.37. The zero-order chi connectivity index (χ0) is 24.6. The number of nitrogens with zero attached hydrogens (tertiary/aromatic N) is 3. The summed E-state index contributed by atoms with van der Waals surface area (Å²) in [5.74, 6) is 1.81. The highest BCUT2D eigenvalue weighted by Crippen LogP contribution is 2.39. The molecule has 0 radical (unpaired) electrons. The first kappa shape index (κ1) is 24.1. The topological polar surface area (TPSA) is 87.2 Å². The van der Waals surface area contributed by atoms with Crippen LogP contribution in [0.1, 0.15) is 0 Å². The number of methoxy groups -OCH3 is 1. The second kappa shape index (κ2) is 10.3. The largest absolute Gasteiger partial charge is 0.493 e. The minimum Gasteiger partial charge on any atom is -0.493 e. The van der Waals surface area contributed by atoms with Gasteiger partial charge in [-0.1, -0.05) is 11.6 Å². The molecule has 36 heavy (non-hydrogen) atoms. The fourth-order valence-electron chi connectivity index (χ4n) is 5.06. The van der Waals surface area contributed by atoms with Gasteiger partial charge in [0.05, 0.1) is 50.1 Å². The summed E-state index contributed by atoms with van der Waals surface area (Å²) in [5, 5.41) is 4.72. The Kier molecular flexibility index (Phi) is 6.89. The number of morpholine rings is 1. The minimum absolute atomic E-state index is 0.0181. The average Bonchev–Trinajstić information content (AvgIpc) is 3.49. The van der Waals surface area contributed by atoms with Crippen molar-refractivity contribution < 1.29 is 23.7 Å². The number of fused-ring (bicyclic) bond motifs is 2. The van der Waals surface area contributed by atoms with Crippen molar-refractivity contribution in [3.05, 3.63) is 46.2 Å². The van der Waals surface area contributed by atoms with Crippen molar-refractivity contribution in [2.45, 2.75) is 24.4 Å². The first-order chi connectivity index (χ1) is 17.6. The molecule has 4 heterocycles. The van der Waals surface area contributed by atoms with Gasteiger partial charge in [-0.05, 0) is 40.2 Å². The van der Waals surface area contributed by atoms with E-state index in [1.807, 2.05) is 30.3 Å². The Morgan fingerprint density at radius 2 is 1.89 bits per heavy atom. The van der Waals surface area contributed by atoms with Gasteiger partial charge in [0, 0.05) is 34.7 Å². The van der Waals surface area contributed by atoms with Gasteiger partial charge in [-0.3, -0.25) is 4.90 Å². The summed E-state index contributed by atoms with van der Waals surface area (Å²) in [4.78, 5) is 11.3. The number of nitrogens with one attached hydrogen (secondary N) is 1. The fourth-order valence-corrected chi connectivity index (χ4v) is 5.48. The third-order valence-electron chi connectivity index (χ3n) is 6.88. The maximum atomic E-state index is 6.42. The van der Waals surface area contributed by atoms with Crippen LogP contribution >= 0.6 is 27.5 Å². The van der Waals surface area contributed by atoms with Crippen LogP contribution in [0.15, 0.2) is 41.1 Å². The number of hydrogen-bond donors (Lipinski definition) is 1. The standard InChI is InChI=1S/C25H26BrClN4O5/c1-32-20-9-15-18(28-13-29-25(15)30-14-2-3-16(26)17(27)8-14)10-21(20)36-22-12-35-23-19(11-34-24(22)23)31-4-6-33-7-5-31/h2-3,8-10,13,19,22-24H,4-7,11-12H2,1H3,(H,28,29,30)/t19-,22-,23+,24+/m1/s1. The van der Waals surface area contributed by atoms with Crippen LogP contribution in [0, 0.1) is 0 Å². The zero-order valence-electron chi connectivity index (χ0n) is 19.7. The summed E-state index contributed by atoms with van der Waals surface area (Å²) < 4.78 is 30.8. The van der Waals surface area contributed by atoms with E-state index in [0.29, 0.717) is 35.6 Å². The summed E-state index contributed by atoms with van der Waals surface area (Å²) in [6.07, 6.45) is 1.12. The van der Waals surface area contributed by atoms with Gasteiger partial charge in [-0.15, -0.1) is 0 Å². The highest BCUT2D eigenvalue weighted by molar-refractivity contribution is 9.10. The number of aromatic nitrogens is 2. The predicted octanol–water partition coefficient (Wildman–Crippen LogP) is 4.04. The van der Waals surface area contributed by atoms with E-state index < -0.39 is 0 Å². The van der Waals surface area contributed by atoms with Crippen molar-refractivity contribution >= 4 is 49.9 Å². The molecule has 11 heteroatoms. The van der Waals surface area contributed by atoms with E-state index in [9.17, 15) is 0 Å². The molecular weight excluding hydrogens is 552 g/mol. The van der Waals surface area contributed by atoms with Gasteiger partial charge in [0.1, 0.15) is 24.4 Å². The number of anilines is 2. The Balaban J connectivity index is 1.23. The molecule has 0 amide bonds. The van der Waals surface area contributed by atoms with Crippen molar-refractivity contribution in [1.29, 1.82) is 0 Å². The van der Waals surface area contributed by atoms with E-state index in [4.69, 9.17) is 35.3 Å². The maximum absolute atomic E-state index is 6.42. The second-order valence-electron chi connectivity index (χ2n) is 8.96. The molecule has 2 aromatic carbocycles. The summed E-state index contributed by atoms with van der Waals surface area (Å²) in [5.41, 5.74) is 1.53. The molecule has 0 unspecified atom stereocenters. The lowest BCUT2D eigenvalue weighted by Gasteiger charge is -2.33. The van der Waals surface area contributed by atoms with E-state index in [1.54, 1.807) is 7.11 Å². The van der Waals surface area contributed by atoms with E-state index >= 15 is 0 Å². The Morgan fingerprint density at radius 3 is 2.69 bits per heavy atom. The minimum atomic E-state index is -0.239. The van der Waals surface area contributed by atoms with Crippen LogP contribution in [-0.4, -0.2) is 85.8 Å². The van der Waals surface area contributed by atoms with Crippen LogP contribution in [0.2, 0.25) is 5.02 Å². The van der Waals surface area contributed by atoms with Crippen LogP contribution in [0.5, 0.6) is 11.5 Å². The monoisotopic (exact) mass is 576 g/mol. The molecule has 1 N–H and O–H groups in total. The molecule has 0 spiro atoms. The lowest BCUT2D eigenvalue weighted by Crippen LogP contribution is -2.49. The molecule has 3 saturated heterocycles. The maximum Gasteiger partial charge on any atom is 0.164 e. The molecule has 190 valence electrons. The lowest BCUT2D eigenvalue weighted by molar-refractivity contribution is -0.0221. The lowest BCUT2D eigenvalue weighted by atomic mass is 10.1. The van der Waals surface area contributed by atoms with Crippen LogP contribution in [0.4, 0.5) is 11.5 Å². The molecule has 0 bridgehead atoms. The number of hydrogen-bond acceptors (Lipinski definition) is 9. The van der Waals surface area contributed by atoms with Crippen LogP contribution in [0.25, 0.3) is 10.9 Å². The van der Waals surface area contributed by atoms with Gasteiger partial charge < -0.3 is 29.0 Å². The van der Waals surface area contributed by atoms with Gasteiger partial charge in [0.15, 0.2) is 17.6 Å². The highest BCUT2D eigenvalue weighted by atomic mass is 79.9. The molecule has 3 aromatic rings. The van der Waals surface area contributed by atoms with Crippen molar-refractivity contribution in [2.75, 3.05) is 51.9 Å². The Hall–Kier alpha value is -2.21. The van der Waals surface area contributed by atoms with Crippen molar-refractivity contribution in [1.82, 2.24) is 14.9 Å². The van der Waals surface area contributed by atoms with Gasteiger partial charge in [-0.2, -0.15) is 0 Å². The average molecular weight is 578 g/mol. The Morgan fingerprint density at radius 1 is 1.06 bits per heavy atom. The molecular formula is C25H26BrClN4O5. The number of halogens is 2. The molecule has 0 aliphatic carbocycles. The first-order valence-corrected chi connectivity index (χ1v) is 13.0. The Labute approximate surface area is 222 Å². The Bertz CT molecular complexity index is 1260. The molecule has 0 saturated carbocycles. The van der Waals surface area contributed by atoms with E-state index in [0.717, 1.165) is 47.4 Å². The van der Waals surface area contributed by atoms with E-state index in [1.165, 1.54) is 6.33 Å². The van der Waals surface area contributed by atoms with Crippen LogP contribution in [-0.2, 0) is 14.2 Å². The smallest absolute Gasteiger partial charge is 0.164 e. The molecule has 3 aliphatic heterocycles. The van der Waals surface area contributed by atoms with Gasteiger partial charge in [-0.25, -0.2) is 9.97 Å². The second-order valence-corrected chi connectivity index (χ2v) is 10.2. The summed E-state index contributed by atoms with van der Waals surface area (Å²) in [6, 6.07) is 9.60. The van der Waals surface area contributed by atoms with Gasteiger partial charge in [0.25, 0.3) is 0 Å². The number of rotatable bonds is 6. The number of benzene rings is 2. The third-order valence-corrected chi connectivity index (χ3v) is 8.11. The van der Waals surface area contributed by atoms with Crippen LogP contribution < -0.4 is 14.8 Å². The predicted molar refractivity (Wildman–Crippen MR) is 139 cm³/mol. The number of ether oxygens (including phenoxy) is 5. The molecule has 3 fully saturated rings. The molecule has 1 aromatic heterocycles. The van der Waals surface area contributed by atoms with E-state index in [2.05, 4.69) is 36.1 Å².